The van der Waals surface area contributed by atoms with Crippen LogP contribution in [0.25, 0.3) is 0 Å². The second-order valence-corrected chi connectivity index (χ2v) is 5.04. The van der Waals surface area contributed by atoms with E-state index < -0.39 is 11.9 Å². The summed E-state index contributed by atoms with van der Waals surface area (Å²) < 4.78 is 13.1. The number of halogens is 2. The Bertz CT molecular complexity index is 423. The predicted molar refractivity (Wildman–Crippen MR) is 72.3 cm³/mol. The Labute approximate surface area is 112 Å². The number of amides is 1. The van der Waals surface area contributed by atoms with E-state index in [2.05, 4.69) is 10.6 Å². The van der Waals surface area contributed by atoms with Gasteiger partial charge in [0.2, 0.25) is 5.91 Å². The molecule has 3 nitrogen and oxygen atoms in total. The van der Waals surface area contributed by atoms with Crippen LogP contribution in [-0.2, 0) is 4.79 Å². The monoisotopic (exact) mass is 272 g/mol. The summed E-state index contributed by atoms with van der Waals surface area (Å²) in [5.74, 6) is -0.139. The zero-order valence-corrected chi connectivity index (χ0v) is 11.5. The number of hydrogen-bond donors (Lipinski definition) is 2. The fourth-order valence-corrected chi connectivity index (χ4v) is 1.54. The first-order valence-electron chi connectivity index (χ1n) is 5.89. The Morgan fingerprint density at radius 2 is 2.06 bits per heavy atom. The van der Waals surface area contributed by atoms with Gasteiger partial charge in [0.15, 0.2) is 0 Å². The Balaban J connectivity index is 2.60. The maximum Gasteiger partial charge on any atom is 0.242 e. The van der Waals surface area contributed by atoms with E-state index in [0.29, 0.717) is 23.2 Å². The van der Waals surface area contributed by atoms with Crippen LogP contribution in [0.15, 0.2) is 18.2 Å². The molecule has 0 aromatic heterocycles. The lowest BCUT2D eigenvalue weighted by Crippen LogP contribution is -2.39. The minimum atomic E-state index is -0.469. The zero-order valence-electron chi connectivity index (χ0n) is 10.8. The molecule has 0 aliphatic rings. The Kier molecular flexibility index (Phi) is 5.41. The Morgan fingerprint density at radius 3 is 2.67 bits per heavy atom. The van der Waals surface area contributed by atoms with Crippen LogP contribution in [0, 0.1) is 11.7 Å². The van der Waals surface area contributed by atoms with Gasteiger partial charge in [-0.25, -0.2) is 4.39 Å². The molecule has 2 N–H and O–H groups in total. The van der Waals surface area contributed by atoms with Crippen molar-refractivity contribution in [1.29, 1.82) is 0 Å². The van der Waals surface area contributed by atoms with E-state index in [-0.39, 0.29) is 5.91 Å². The summed E-state index contributed by atoms with van der Waals surface area (Å²) in [6, 6.07) is 3.53. The van der Waals surface area contributed by atoms with E-state index >= 15 is 0 Å². The van der Waals surface area contributed by atoms with Gasteiger partial charge in [0.25, 0.3) is 0 Å². The maximum atomic E-state index is 13.1. The van der Waals surface area contributed by atoms with Crippen molar-refractivity contribution in [3.63, 3.8) is 0 Å². The molecule has 0 spiro atoms. The van der Waals surface area contributed by atoms with Gasteiger partial charge >= 0.3 is 0 Å². The molecule has 1 amide bonds. The number of hydrogen-bond acceptors (Lipinski definition) is 2. The topological polar surface area (TPSA) is 41.1 Å². The first-order chi connectivity index (χ1) is 8.40. The van der Waals surface area contributed by atoms with Crippen LogP contribution in [0.3, 0.4) is 0 Å². The highest BCUT2D eigenvalue weighted by Crippen LogP contribution is 2.23. The number of carbonyl (C=O) groups is 1. The van der Waals surface area contributed by atoms with Crippen molar-refractivity contribution in [2.45, 2.75) is 26.8 Å². The molecule has 0 bridgehead atoms. The van der Waals surface area contributed by atoms with Crippen LogP contribution in [0.2, 0.25) is 5.02 Å². The normalized spacial score (nSPS) is 12.3. The molecule has 1 atom stereocenters. The van der Waals surface area contributed by atoms with Crippen molar-refractivity contribution in [3.05, 3.63) is 29.0 Å². The van der Waals surface area contributed by atoms with E-state index in [0.717, 1.165) is 0 Å². The molecule has 5 heteroatoms. The summed E-state index contributed by atoms with van der Waals surface area (Å²) in [6.07, 6.45) is 0. The SMILES string of the molecule is CC(C)CNC(=O)C(C)Nc1cc(F)ccc1Cl. The van der Waals surface area contributed by atoms with Gasteiger partial charge in [-0.15, -0.1) is 0 Å². The molecule has 0 saturated heterocycles. The number of benzene rings is 1. The molecule has 18 heavy (non-hydrogen) atoms. The van der Waals surface area contributed by atoms with Gasteiger partial charge in [0, 0.05) is 6.54 Å². The molecule has 0 heterocycles. The van der Waals surface area contributed by atoms with Crippen molar-refractivity contribution in [3.8, 4) is 0 Å². The molecule has 1 aromatic rings. The molecule has 0 aliphatic heterocycles. The van der Waals surface area contributed by atoms with Crippen LogP contribution >= 0.6 is 11.6 Å². The third-order valence-electron chi connectivity index (χ3n) is 2.38. The number of rotatable bonds is 5. The van der Waals surface area contributed by atoms with Crippen molar-refractivity contribution >= 4 is 23.2 Å². The first-order valence-corrected chi connectivity index (χ1v) is 6.27. The summed E-state index contributed by atoms with van der Waals surface area (Å²) in [7, 11) is 0. The zero-order chi connectivity index (χ0) is 13.7. The molecule has 1 unspecified atom stereocenters. The Morgan fingerprint density at radius 1 is 1.39 bits per heavy atom. The maximum absolute atomic E-state index is 13.1. The van der Waals surface area contributed by atoms with Gasteiger partial charge < -0.3 is 10.6 Å². The second-order valence-electron chi connectivity index (χ2n) is 4.63. The molecule has 1 rings (SSSR count). The van der Waals surface area contributed by atoms with Crippen molar-refractivity contribution in [1.82, 2.24) is 5.32 Å². The van der Waals surface area contributed by atoms with Gasteiger partial charge in [0.05, 0.1) is 10.7 Å². The fraction of sp³-hybridized carbons (Fsp3) is 0.462. The second kappa shape index (κ2) is 6.59. The van der Waals surface area contributed by atoms with Gasteiger partial charge in [0.1, 0.15) is 11.9 Å². The minimum Gasteiger partial charge on any atom is -0.373 e. The van der Waals surface area contributed by atoms with Crippen LogP contribution < -0.4 is 10.6 Å². The largest absolute Gasteiger partial charge is 0.373 e. The highest BCUT2D eigenvalue weighted by Gasteiger charge is 2.14. The lowest BCUT2D eigenvalue weighted by Gasteiger charge is -2.17. The fourth-order valence-electron chi connectivity index (χ4n) is 1.36. The van der Waals surface area contributed by atoms with Crippen molar-refractivity contribution < 1.29 is 9.18 Å². The molecule has 100 valence electrons. The summed E-state index contributed by atoms with van der Waals surface area (Å²) >= 11 is 5.91. The Hall–Kier alpha value is -1.29. The van der Waals surface area contributed by atoms with E-state index in [4.69, 9.17) is 11.6 Å². The van der Waals surface area contributed by atoms with Crippen molar-refractivity contribution in [2.75, 3.05) is 11.9 Å². The third-order valence-corrected chi connectivity index (χ3v) is 2.71. The van der Waals surface area contributed by atoms with Gasteiger partial charge in [-0.3, -0.25) is 4.79 Å². The number of anilines is 1. The average molecular weight is 273 g/mol. The molecule has 0 saturated carbocycles. The highest BCUT2D eigenvalue weighted by atomic mass is 35.5. The van der Waals surface area contributed by atoms with E-state index in [1.54, 1.807) is 6.92 Å². The molecule has 1 aromatic carbocycles. The van der Waals surface area contributed by atoms with Gasteiger partial charge in [-0.05, 0) is 31.0 Å². The lowest BCUT2D eigenvalue weighted by atomic mass is 10.2. The smallest absolute Gasteiger partial charge is 0.242 e. The summed E-state index contributed by atoms with van der Waals surface area (Å²) in [5.41, 5.74) is 0.420. The molecule has 0 fully saturated rings. The standard InChI is InChI=1S/C13H18ClFN2O/c1-8(2)7-16-13(18)9(3)17-12-6-10(15)4-5-11(12)14/h4-6,8-9,17H,7H2,1-3H3,(H,16,18). The summed E-state index contributed by atoms with van der Waals surface area (Å²) in [6.45, 7) is 6.35. The quantitative estimate of drug-likeness (QED) is 0.865. The molecule has 0 radical (unpaired) electrons. The van der Waals surface area contributed by atoms with Crippen LogP contribution in [0.1, 0.15) is 20.8 Å². The predicted octanol–water partition coefficient (Wildman–Crippen LogP) is 3.05. The highest BCUT2D eigenvalue weighted by molar-refractivity contribution is 6.33. The first kappa shape index (κ1) is 14.8. The van der Waals surface area contributed by atoms with Crippen molar-refractivity contribution in [2.24, 2.45) is 5.92 Å². The van der Waals surface area contributed by atoms with Crippen LogP contribution in [0.4, 0.5) is 10.1 Å². The van der Waals surface area contributed by atoms with Crippen LogP contribution in [-0.4, -0.2) is 18.5 Å². The number of nitrogens with one attached hydrogen (secondary N) is 2. The molecule has 0 aliphatic carbocycles. The molecular formula is C13H18ClFN2O. The van der Waals surface area contributed by atoms with Crippen LogP contribution in [0.5, 0.6) is 0 Å². The third kappa shape index (κ3) is 4.53. The average Bonchev–Trinajstić information content (AvgIpc) is 2.30. The van der Waals surface area contributed by atoms with E-state index in [9.17, 15) is 9.18 Å². The van der Waals surface area contributed by atoms with Gasteiger partial charge in [-0.2, -0.15) is 0 Å². The summed E-state index contributed by atoms with van der Waals surface area (Å²) in [4.78, 5) is 11.7. The summed E-state index contributed by atoms with van der Waals surface area (Å²) in [5, 5.41) is 6.08. The van der Waals surface area contributed by atoms with E-state index in [1.165, 1.54) is 18.2 Å². The van der Waals surface area contributed by atoms with E-state index in [1.807, 2.05) is 13.8 Å². The van der Waals surface area contributed by atoms with Gasteiger partial charge in [-0.1, -0.05) is 25.4 Å². The minimum absolute atomic E-state index is 0.135. The molecular weight excluding hydrogens is 255 g/mol. The lowest BCUT2D eigenvalue weighted by molar-refractivity contribution is -0.121. The number of carbonyl (C=O) groups excluding carboxylic acids is 1.